The molecule has 7 nitrogen and oxygen atoms in total. The molecule has 7 heteroatoms. The van der Waals surface area contributed by atoms with Gasteiger partial charge in [0, 0.05) is 12.1 Å². The van der Waals surface area contributed by atoms with Crippen molar-refractivity contribution in [1.29, 1.82) is 0 Å². The second-order valence-corrected chi connectivity index (χ2v) is 3.55. The van der Waals surface area contributed by atoms with Crippen molar-refractivity contribution in [1.82, 2.24) is 5.16 Å². The van der Waals surface area contributed by atoms with Crippen molar-refractivity contribution < 1.29 is 19.0 Å². The van der Waals surface area contributed by atoms with Crippen molar-refractivity contribution in [2.45, 2.75) is 13.3 Å². The SMILES string of the molecule is CCOC(=O)Cc1noc2ccc([N+](=O)[O-])cc12. The number of nitro groups is 1. The van der Waals surface area contributed by atoms with Gasteiger partial charge in [0.25, 0.3) is 5.69 Å². The van der Waals surface area contributed by atoms with Gasteiger partial charge in [-0.25, -0.2) is 0 Å². The van der Waals surface area contributed by atoms with Gasteiger partial charge in [-0.15, -0.1) is 0 Å². The molecule has 2 aromatic rings. The van der Waals surface area contributed by atoms with Gasteiger partial charge < -0.3 is 9.26 Å². The van der Waals surface area contributed by atoms with E-state index in [0.29, 0.717) is 16.7 Å². The van der Waals surface area contributed by atoms with Crippen LogP contribution in [-0.4, -0.2) is 22.7 Å². The summed E-state index contributed by atoms with van der Waals surface area (Å²) in [4.78, 5) is 21.5. The van der Waals surface area contributed by atoms with Gasteiger partial charge in [-0.2, -0.15) is 0 Å². The van der Waals surface area contributed by atoms with E-state index in [0.717, 1.165) is 0 Å². The second-order valence-electron chi connectivity index (χ2n) is 3.55. The van der Waals surface area contributed by atoms with Crippen LogP contribution < -0.4 is 0 Å². The van der Waals surface area contributed by atoms with Crippen molar-refractivity contribution in [3.8, 4) is 0 Å². The Bertz CT molecular complexity index is 604. The van der Waals surface area contributed by atoms with Gasteiger partial charge in [-0.1, -0.05) is 5.16 Å². The summed E-state index contributed by atoms with van der Waals surface area (Å²) in [6, 6.07) is 4.11. The first kappa shape index (κ1) is 12.0. The number of fused-ring (bicyclic) bond motifs is 1. The number of nitro benzene ring substituents is 1. The van der Waals surface area contributed by atoms with E-state index in [1.165, 1.54) is 18.2 Å². The number of esters is 1. The lowest BCUT2D eigenvalue weighted by atomic mass is 10.1. The maximum atomic E-state index is 11.3. The van der Waals surface area contributed by atoms with E-state index in [-0.39, 0.29) is 18.7 Å². The molecule has 0 saturated carbocycles. The molecule has 1 aromatic heterocycles. The molecule has 0 aliphatic rings. The van der Waals surface area contributed by atoms with Gasteiger partial charge in [0.2, 0.25) is 0 Å². The molecule has 94 valence electrons. The first-order valence-corrected chi connectivity index (χ1v) is 5.30. The molecule has 0 fully saturated rings. The van der Waals surface area contributed by atoms with Crippen LogP contribution in [-0.2, 0) is 16.0 Å². The van der Waals surface area contributed by atoms with E-state index in [1.54, 1.807) is 6.92 Å². The Hall–Kier alpha value is -2.44. The van der Waals surface area contributed by atoms with E-state index in [2.05, 4.69) is 5.16 Å². The van der Waals surface area contributed by atoms with Crippen LogP contribution in [0, 0.1) is 10.1 Å². The molecule has 0 radical (unpaired) electrons. The normalized spacial score (nSPS) is 10.5. The van der Waals surface area contributed by atoms with E-state index >= 15 is 0 Å². The summed E-state index contributed by atoms with van der Waals surface area (Å²) < 4.78 is 9.77. The van der Waals surface area contributed by atoms with Crippen molar-refractivity contribution in [2.24, 2.45) is 0 Å². The Morgan fingerprint density at radius 2 is 2.33 bits per heavy atom. The van der Waals surface area contributed by atoms with Gasteiger partial charge >= 0.3 is 5.97 Å². The van der Waals surface area contributed by atoms with Crippen molar-refractivity contribution in [3.63, 3.8) is 0 Å². The zero-order chi connectivity index (χ0) is 13.1. The minimum Gasteiger partial charge on any atom is -0.466 e. The van der Waals surface area contributed by atoms with Crippen molar-refractivity contribution >= 4 is 22.6 Å². The topological polar surface area (TPSA) is 95.5 Å². The monoisotopic (exact) mass is 250 g/mol. The molecule has 0 N–H and O–H groups in total. The largest absolute Gasteiger partial charge is 0.466 e. The quantitative estimate of drug-likeness (QED) is 0.466. The highest BCUT2D eigenvalue weighted by Crippen LogP contribution is 2.24. The first-order chi connectivity index (χ1) is 8.61. The Labute approximate surface area is 101 Å². The van der Waals surface area contributed by atoms with E-state index < -0.39 is 10.9 Å². The maximum Gasteiger partial charge on any atom is 0.312 e. The summed E-state index contributed by atoms with van der Waals surface area (Å²) in [5, 5.41) is 14.8. The molecule has 0 unspecified atom stereocenters. The number of aromatic nitrogens is 1. The van der Waals surface area contributed by atoms with E-state index in [1.807, 2.05) is 0 Å². The van der Waals surface area contributed by atoms with E-state index in [9.17, 15) is 14.9 Å². The molecule has 0 amide bonds. The summed E-state index contributed by atoms with van der Waals surface area (Å²) in [5.41, 5.74) is 0.669. The van der Waals surface area contributed by atoms with Gasteiger partial charge in [0.15, 0.2) is 5.58 Å². The molecule has 0 bridgehead atoms. The number of ether oxygens (including phenoxy) is 1. The lowest BCUT2D eigenvalue weighted by molar-refractivity contribution is -0.384. The average Bonchev–Trinajstić information content (AvgIpc) is 2.72. The average molecular weight is 250 g/mol. The third kappa shape index (κ3) is 2.29. The molecule has 1 heterocycles. The minimum atomic E-state index is -0.513. The molecule has 2 rings (SSSR count). The van der Waals surface area contributed by atoms with Crippen LogP contribution in [0.3, 0.4) is 0 Å². The fourth-order valence-corrected chi connectivity index (χ4v) is 1.57. The second kappa shape index (κ2) is 4.82. The lowest BCUT2D eigenvalue weighted by Crippen LogP contribution is -2.07. The van der Waals surface area contributed by atoms with Gasteiger partial charge in [-0.05, 0) is 13.0 Å². The number of benzene rings is 1. The number of carbonyl (C=O) groups is 1. The highest BCUT2D eigenvalue weighted by molar-refractivity contribution is 5.85. The molecule has 1 aromatic carbocycles. The fourth-order valence-electron chi connectivity index (χ4n) is 1.57. The van der Waals surface area contributed by atoms with Crippen molar-refractivity contribution in [3.05, 3.63) is 34.0 Å². The summed E-state index contributed by atoms with van der Waals surface area (Å²) in [6.07, 6.45) is -0.0675. The molecule has 0 aliphatic heterocycles. The molecular formula is C11H10N2O5. The molecule has 0 aliphatic carbocycles. The van der Waals surface area contributed by atoms with Crippen LogP contribution in [0.25, 0.3) is 11.0 Å². The molecule has 0 saturated heterocycles. The molecule has 0 atom stereocenters. The van der Waals surface area contributed by atoms with Crippen LogP contribution in [0.4, 0.5) is 5.69 Å². The highest BCUT2D eigenvalue weighted by Gasteiger charge is 2.16. The lowest BCUT2D eigenvalue weighted by Gasteiger charge is -1.98. The van der Waals surface area contributed by atoms with Gasteiger partial charge in [0.05, 0.1) is 23.3 Å². The van der Waals surface area contributed by atoms with Crippen LogP contribution in [0.15, 0.2) is 22.7 Å². The third-order valence-corrected chi connectivity index (χ3v) is 2.36. The summed E-state index contributed by atoms with van der Waals surface area (Å²) in [6.45, 7) is 1.97. The number of nitrogens with zero attached hydrogens (tertiary/aromatic N) is 2. The fraction of sp³-hybridized carbons (Fsp3) is 0.273. The summed E-state index contributed by atoms with van der Waals surface area (Å²) >= 11 is 0. The smallest absolute Gasteiger partial charge is 0.312 e. The van der Waals surface area contributed by atoms with Crippen LogP contribution in [0.5, 0.6) is 0 Å². The Morgan fingerprint density at radius 3 is 3.00 bits per heavy atom. The Kier molecular flexibility index (Phi) is 3.22. The third-order valence-electron chi connectivity index (χ3n) is 2.36. The van der Waals surface area contributed by atoms with Gasteiger partial charge in [-0.3, -0.25) is 14.9 Å². The number of rotatable bonds is 4. The maximum absolute atomic E-state index is 11.3. The van der Waals surface area contributed by atoms with Crippen LogP contribution >= 0.6 is 0 Å². The van der Waals surface area contributed by atoms with Crippen LogP contribution in [0.1, 0.15) is 12.6 Å². The zero-order valence-corrected chi connectivity index (χ0v) is 9.58. The standard InChI is InChI=1S/C11H10N2O5/c1-2-17-11(14)6-9-8-5-7(13(15)16)3-4-10(8)18-12-9/h3-5H,2,6H2,1H3. The highest BCUT2D eigenvalue weighted by atomic mass is 16.6. The van der Waals surface area contributed by atoms with E-state index in [4.69, 9.17) is 9.26 Å². The Balaban J connectivity index is 2.36. The first-order valence-electron chi connectivity index (χ1n) is 5.30. The molecule has 18 heavy (non-hydrogen) atoms. The molecular weight excluding hydrogens is 240 g/mol. The van der Waals surface area contributed by atoms with Crippen LogP contribution in [0.2, 0.25) is 0 Å². The predicted molar refractivity (Wildman–Crippen MR) is 61.0 cm³/mol. The molecule has 0 spiro atoms. The summed E-state index contributed by atoms with van der Waals surface area (Å²) in [7, 11) is 0. The minimum absolute atomic E-state index is 0.0675. The van der Waals surface area contributed by atoms with Gasteiger partial charge in [0.1, 0.15) is 5.69 Å². The number of hydrogen-bond donors (Lipinski definition) is 0. The zero-order valence-electron chi connectivity index (χ0n) is 9.58. The number of non-ortho nitro benzene ring substituents is 1. The predicted octanol–water partition coefficient (Wildman–Crippen LogP) is 1.84. The number of hydrogen-bond acceptors (Lipinski definition) is 6. The summed E-state index contributed by atoms with van der Waals surface area (Å²) in [5.74, 6) is -0.445. The Morgan fingerprint density at radius 1 is 1.56 bits per heavy atom. The van der Waals surface area contributed by atoms with Crippen molar-refractivity contribution in [2.75, 3.05) is 6.61 Å². The number of carbonyl (C=O) groups excluding carboxylic acids is 1.